The first-order chi connectivity index (χ1) is 12.2. The second kappa shape index (κ2) is 9.32. The Kier molecular flexibility index (Phi) is 7.47. The maximum atomic E-state index is 12.3. The van der Waals surface area contributed by atoms with Crippen molar-refractivity contribution in [3.05, 3.63) is 74.3 Å². The number of para-hydroxylation sites is 1. The first-order valence-electron chi connectivity index (χ1n) is 7.06. The topological polar surface area (TPSA) is 119 Å². The van der Waals surface area contributed by atoms with Crippen molar-refractivity contribution < 1.29 is 28.1 Å². The van der Waals surface area contributed by atoms with E-state index in [9.17, 15) is 33.4 Å². The second-order valence-electron chi connectivity index (χ2n) is 4.73. The zero-order valence-corrected chi connectivity index (χ0v) is 13.1. The maximum Gasteiger partial charge on any atom is 0.416 e. The molecule has 0 bridgehead atoms. The van der Waals surface area contributed by atoms with Gasteiger partial charge in [-0.3, -0.25) is 20.2 Å². The molecule has 2 N–H and O–H groups in total. The number of rotatable bonds is 5. The summed E-state index contributed by atoms with van der Waals surface area (Å²) < 4.78 is 37.0. The molecule has 0 atom stereocenters. The maximum absolute atomic E-state index is 12.3. The van der Waals surface area contributed by atoms with Gasteiger partial charge in [-0.1, -0.05) is 18.2 Å². The molecule has 0 spiro atoms. The fraction of sp³-hybridized carbons (Fsp3) is 0.200. The number of non-ortho nitro benzene ring substituents is 1. The third-order valence-electron chi connectivity index (χ3n) is 2.92. The van der Waals surface area contributed by atoms with Gasteiger partial charge in [0.15, 0.2) is 0 Å². The van der Waals surface area contributed by atoms with Crippen LogP contribution in [0.4, 0.5) is 30.2 Å². The zero-order valence-electron chi connectivity index (χ0n) is 13.1. The van der Waals surface area contributed by atoms with E-state index in [1.807, 2.05) is 0 Å². The highest BCUT2D eigenvalue weighted by atomic mass is 19.4. The van der Waals surface area contributed by atoms with Crippen molar-refractivity contribution in [2.24, 2.45) is 0 Å². The summed E-state index contributed by atoms with van der Waals surface area (Å²) in [5.41, 5.74) is -1.68. The van der Waals surface area contributed by atoms with Gasteiger partial charge >= 0.3 is 6.18 Å². The Balaban J connectivity index is 0.000000314. The molecule has 0 radical (unpaired) electrons. The van der Waals surface area contributed by atoms with Crippen molar-refractivity contribution in [1.82, 2.24) is 0 Å². The number of aliphatic hydroxyl groups is 1. The van der Waals surface area contributed by atoms with Gasteiger partial charge in [-0.05, 0) is 12.1 Å². The van der Waals surface area contributed by atoms with Gasteiger partial charge in [-0.15, -0.1) is 0 Å². The molecule has 0 aliphatic carbocycles. The molecule has 2 rings (SSSR count). The third-order valence-corrected chi connectivity index (χ3v) is 2.92. The summed E-state index contributed by atoms with van der Waals surface area (Å²) in [6, 6.07) is 10.1. The predicted molar refractivity (Wildman–Crippen MR) is 86.8 cm³/mol. The molecule has 0 unspecified atom stereocenters. The Morgan fingerprint density at radius 1 is 1.00 bits per heavy atom. The number of nitro benzene ring substituents is 2. The quantitative estimate of drug-likeness (QED) is 0.610. The summed E-state index contributed by atoms with van der Waals surface area (Å²) in [6.45, 7) is -0.260. The summed E-state index contributed by atoms with van der Waals surface area (Å²) >= 11 is 0. The molecule has 8 nitrogen and oxygen atoms in total. The molecule has 26 heavy (non-hydrogen) atoms. The predicted octanol–water partition coefficient (Wildman–Crippen LogP) is 3.61. The van der Waals surface area contributed by atoms with E-state index in [-0.39, 0.29) is 24.5 Å². The summed E-state index contributed by atoms with van der Waals surface area (Å²) in [5.74, 6) is 0. The first kappa shape index (κ1) is 20.8. The summed E-state index contributed by atoms with van der Waals surface area (Å²) in [5, 5.41) is 31.6. The summed E-state index contributed by atoms with van der Waals surface area (Å²) in [6.07, 6.45) is -4.62. The number of anilines is 1. The monoisotopic (exact) mass is 373 g/mol. The van der Waals surface area contributed by atoms with E-state index in [0.717, 1.165) is 12.1 Å². The number of hydrogen-bond acceptors (Lipinski definition) is 6. The lowest BCUT2D eigenvalue weighted by atomic mass is 10.1. The minimum absolute atomic E-state index is 0.0200. The van der Waals surface area contributed by atoms with Gasteiger partial charge in [0.25, 0.3) is 11.4 Å². The van der Waals surface area contributed by atoms with Crippen LogP contribution in [0.15, 0.2) is 48.5 Å². The molecular weight excluding hydrogens is 359 g/mol. The standard InChI is InChI=1S/C9H9F3N2O3.C6H5NO2/c10-9(11,12)6-1-2-7(13-3-4-15)8(5-6)14(16)17;8-7(9)6-4-2-1-3-5-6/h1-2,5,13,15H,3-4H2;1-5H. The van der Waals surface area contributed by atoms with E-state index >= 15 is 0 Å². The van der Waals surface area contributed by atoms with Crippen molar-refractivity contribution >= 4 is 17.1 Å². The van der Waals surface area contributed by atoms with Crippen LogP contribution in [0.3, 0.4) is 0 Å². The number of nitro groups is 2. The van der Waals surface area contributed by atoms with Crippen molar-refractivity contribution in [3.63, 3.8) is 0 Å². The molecule has 0 fully saturated rings. The Labute approximate surface area is 145 Å². The molecule has 0 aromatic heterocycles. The molecule has 0 aliphatic heterocycles. The van der Waals surface area contributed by atoms with Crippen molar-refractivity contribution in [1.29, 1.82) is 0 Å². The van der Waals surface area contributed by atoms with Crippen molar-refractivity contribution in [3.8, 4) is 0 Å². The van der Waals surface area contributed by atoms with Crippen molar-refractivity contribution in [2.75, 3.05) is 18.5 Å². The third kappa shape index (κ3) is 6.36. The number of halogens is 3. The number of aliphatic hydroxyl groups excluding tert-OH is 1. The molecule has 0 aliphatic rings. The van der Waals surface area contributed by atoms with Gasteiger partial charge in [-0.25, -0.2) is 0 Å². The average molecular weight is 373 g/mol. The van der Waals surface area contributed by atoms with Crippen LogP contribution in [-0.4, -0.2) is 28.1 Å². The van der Waals surface area contributed by atoms with Crippen molar-refractivity contribution in [2.45, 2.75) is 6.18 Å². The molecule has 140 valence electrons. The van der Waals surface area contributed by atoms with Gasteiger partial charge in [0.1, 0.15) is 5.69 Å². The van der Waals surface area contributed by atoms with Gasteiger partial charge in [0.2, 0.25) is 0 Å². The van der Waals surface area contributed by atoms with Crippen LogP contribution in [0, 0.1) is 20.2 Å². The molecule has 0 saturated carbocycles. The molecular formula is C15H14F3N3O5. The highest BCUT2D eigenvalue weighted by Crippen LogP contribution is 2.34. The molecule has 11 heteroatoms. The van der Waals surface area contributed by atoms with E-state index < -0.39 is 27.3 Å². The lowest BCUT2D eigenvalue weighted by molar-refractivity contribution is -0.384. The molecule has 0 saturated heterocycles. The number of hydrogen-bond donors (Lipinski definition) is 2. The Morgan fingerprint density at radius 2 is 1.62 bits per heavy atom. The number of alkyl halides is 3. The lowest BCUT2D eigenvalue weighted by Gasteiger charge is -2.09. The Hall–Kier alpha value is -3.21. The first-order valence-corrected chi connectivity index (χ1v) is 7.06. The van der Waals surface area contributed by atoms with Gasteiger partial charge in [0.05, 0.1) is 22.0 Å². The molecule has 2 aromatic rings. The minimum atomic E-state index is -4.62. The van der Waals surface area contributed by atoms with E-state index in [1.165, 1.54) is 12.1 Å². The van der Waals surface area contributed by atoms with Crippen LogP contribution in [0.1, 0.15) is 5.56 Å². The average Bonchev–Trinajstić information content (AvgIpc) is 2.60. The highest BCUT2D eigenvalue weighted by molar-refractivity contribution is 5.62. The smallest absolute Gasteiger partial charge is 0.395 e. The largest absolute Gasteiger partial charge is 0.416 e. The highest BCUT2D eigenvalue weighted by Gasteiger charge is 2.32. The summed E-state index contributed by atoms with van der Waals surface area (Å²) in [4.78, 5) is 19.3. The van der Waals surface area contributed by atoms with Gasteiger partial charge in [0, 0.05) is 24.7 Å². The summed E-state index contributed by atoms with van der Waals surface area (Å²) in [7, 11) is 0. The fourth-order valence-electron chi connectivity index (χ4n) is 1.75. The normalized spacial score (nSPS) is 10.5. The van der Waals surface area contributed by atoms with Gasteiger partial charge < -0.3 is 10.4 Å². The SMILES string of the molecule is O=[N+]([O-])c1cc(C(F)(F)F)ccc1NCCO.O=[N+]([O-])c1ccccc1. The Morgan fingerprint density at radius 3 is 2.04 bits per heavy atom. The molecule has 0 amide bonds. The fourth-order valence-corrected chi connectivity index (χ4v) is 1.75. The number of nitrogens with one attached hydrogen (secondary N) is 1. The van der Waals surface area contributed by atoms with Crippen LogP contribution in [0.5, 0.6) is 0 Å². The van der Waals surface area contributed by atoms with Crippen LogP contribution < -0.4 is 5.32 Å². The van der Waals surface area contributed by atoms with E-state index in [1.54, 1.807) is 18.2 Å². The Bertz CT molecular complexity index is 754. The second-order valence-corrected chi connectivity index (χ2v) is 4.73. The van der Waals surface area contributed by atoms with E-state index in [4.69, 9.17) is 5.11 Å². The van der Waals surface area contributed by atoms with Crippen LogP contribution in [-0.2, 0) is 6.18 Å². The van der Waals surface area contributed by atoms with E-state index in [0.29, 0.717) is 6.07 Å². The molecule has 2 aromatic carbocycles. The van der Waals surface area contributed by atoms with Crippen LogP contribution in [0.2, 0.25) is 0 Å². The molecule has 0 heterocycles. The zero-order chi connectivity index (χ0) is 19.7. The van der Waals surface area contributed by atoms with Crippen LogP contribution >= 0.6 is 0 Å². The number of benzene rings is 2. The minimum Gasteiger partial charge on any atom is -0.395 e. The van der Waals surface area contributed by atoms with Gasteiger partial charge in [-0.2, -0.15) is 13.2 Å². The van der Waals surface area contributed by atoms with E-state index in [2.05, 4.69) is 5.32 Å². The van der Waals surface area contributed by atoms with Crippen LogP contribution in [0.25, 0.3) is 0 Å². The number of nitrogens with zero attached hydrogens (tertiary/aromatic N) is 2. The lowest BCUT2D eigenvalue weighted by Crippen LogP contribution is -2.10.